The molecule has 1 unspecified atom stereocenters. The van der Waals surface area contributed by atoms with Gasteiger partial charge in [0.25, 0.3) is 0 Å². The summed E-state index contributed by atoms with van der Waals surface area (Å²) in [7, 11) is 0. The number of hydrogen-bond donors (Lipinski definition) is 2. The number of aromatic amines is 1. The SMILES string of the molecule is CC=[N+](C=C1CCCNC1=C(C)C(C)c1cccc2n[nH]nc12)CC. The Morgan fingerprint density at radius 3 is 2.96 bits per heavy atom. The maximum atomic E-state index is 4.35. The van der Waals surface area contributed by atoms with Gasteiger partial charge in [0.05, 0.1) is 0 Å². The fraction of sp³-hybridized carbons (Fsp3) is 0.450. The van der Waals surface area contributed by atoms with E-state index in [9.17, 15) is 0 Å². The van der Waals surface area contributed by atoms with Crippen LogP contribution in [-0.4, -0.2) is 39.3 Å². The summed E-state index contributed by atoms with van der Waals surface area (Å²) in [5, 5.41) is 15.0. The van der Waals surface area contributed by atoms with E-state index >= 15 is 0 Å². The van der Waals surface area contributed by atoms with E-state index in [1.807, 2.05) is 6.07 Å². The fourth-order valence-corrected chi connectivity index (χ4v) is 3.49. The second kappa shape index (κ2) is 7.64. The molecule has 1 atom stereocenters. The zero-order valence-electron chi connectivity index (χ0n) is 15.6. The second-order valence-electron chi connectivity index (χ2n) is 6.59. The van der Waals surface area contributed by atoms with Crippen molar-refractivity contribution in [1.29, 1.82) is 0 Å². The molecule has 2 heterocycles. The zero-order chi connectivity index (χ0) is 17.8. The highest BCUT2D eigenvalue weighted by Gasteiger charge is 2.21. The maximum absolute atomic E-state index is 4.35. The lowest BCUT2D eigenvalue weighted by atomic mass is 9.88. The molecule has 0 aliphatic carbocycles. The first-order valence-electron chi connectivity index (χ1n) is 9.16. The van der Waals surface area contributed by atoms with Crippen LogP contribution < -0.4 is 5.32 Å². The number of benzene rings is 1. The van der Waals surface area contributed by atoms with Crippen LogP contribution in [0.4, 0.5) is 0 Å². The predicted octanol–water partition coefficient (Wildman–Crippen LogP) is 3.73. The van der Waals surface area contributed by atoms with Gasteiger partial charge >= 0.3 is 0 Å². The zero-order valence-corrected chi connectivity index (χ0v) is 15.6. The van der Waals surface area contributed by atoms with E-state index in [4.69, 9.17) is 0 Å². The van der Waals surface area contributed by atoms with Crippen molar-refractivity contribution in [2.24, 2.45) is 0 Å². The van der Waals surface area contributed by atoms with E-state index in [2.05, 4.69) is 77.5 Å². The summed E-state index contributed by atoms with van der Waals surface area (Å²) in [6, 6.07) is 6.21. The van der Waals surface area contributed by atoms with Gasteiger partial charge in [-0.15, -0.1) is 0 Å². The number of nitrogens with one attached hydrogen (secondary N) is 2. The third kappa shape index (κ3) is 3.50. The first-order valence-corrected chi connectivity index (χ1v) is 9.16. The molecule has 1 saturated heterocycles. The number of fused-ring (bicyclic) bond motifs is 1. The second-order valence-corrected chi connectivity index (χ2v) is 6.59. The molecule has 0 bridgehead atoms. The molecular formula is C20H28N5+. The van der Waals surface area contributed by atoms with Crippen LogP contribution in [0.15, 0.2) is 41.2 Å². The van der Waals surface area contributed by atoms with Crippen LogP contribution in [0, 0.1) is 0 Å². The van der Waals surface area contributed by atoms with Crippen LogP contribution in [0.5, 0.6) is 0 Å². The van der Waals surface area contributed by atoms with Gasteiger partial charge in [0, 0.05) is 30.7 Å². The minimum Gasteiger partial charge on any atom is -0.385 e. The van der Waals surface area contributed by atoms with Gasteiger partial charge in [-0.2, -0.15) is 15.4 Å². The van der Waals surface area contributed by atoms with Crippen LogP contribution in [0.1, 0.15) is 52.0 Å². The van der Waals surface area contributed by atoms with E-state index < -0.39 is 0 Å². The fourth-order valence-electron chi connectivity index (χ4n) is 3.49. The minimum atomic E-state index is 0.276. The highest BCUT2D eigenvalue weighted by molar-refractivity contribution is 5.78. The van der Waals surface area contributed by atoms with Gasteiger partial charge in [0.15, 0.2) is 6.20 Å². The van der Waals surface area contributed by atoms with Crippen molar-refractivity contribution in [2.75, 3.05) is 13.1 Å². The molecule has 0 saturated carbocycles. The normalized spacial score (nSPS) is 20.6. The molecule has 1 fully saturated rings. The van der Waals surface area contributed by atoms with Crippen LogP contribution in [0.3, 0.4) is 0 Å². The first kappa shape index (κ1) is 17.4. The molecule has 1 aromatic heterocycles. The number of nitrogens with zero attached hydrogens (tertiary/aromatic N) is 3. The minimum absolute atomic E-state index is 0.276. The van der Waals surface area contributed by atoms with Crippen molar-refractivity contribution in [1.82, 2.24) is 20.7 Å². The third-order valence-corrected chi connectivity index (χ3v) is 5.15. The average molecular weight is 338 g/mol. The summed E-state index contributed by atoms with van der Waals surface area (Å²) in [5.74, 6) is 0.276. The molecule has 1 aliphatic heterocycles. The van der Waals surface area contributed by atoms with Crippen LogP contribution >= 0.6 is 0 Å². The molecule has 2 aromatic rings. The highest BCUT2D eigenvalue weighted by Crippen LogP contribution is 2.33. The molecule has 5 nitrogen and oxygen atoms in total. The molecule has 25 heavy (non-hydrogen) atoms. The van der Waals surface area contributed by atoms with Gasteiger partial charge in [-0.25, -0.2) is 4.58 Å². The van der Waals surface area contributed by atoms with Crippen molar-refractivity contribution in [3.05, 3.63) is 46.8 Å². The number of piperidine rings is 1. The summed E-state index contributed by atoms with van der Waals surface area (Å²) in [5.41, 5.74) is 7.15. The highest BCUT2D eigenvalue weighted by atomic mass is 15.3. The van der Waals surface area contributed by atoms with Crippen LogP contribution in [0.2, 0.25) is 0 Å². The molecule has 3 rings (SSSR count). The predicted molar refractivity (Wildman–Crippen MR) is 103 cm³/mol. The monoisotopic (exact) mass is 338 g/mol. The van der Waals surface area contributed by atoms with Crippen molar-refractivity contribution in [3.63, 3.8) is 0 Å². The molecule has 0 radical (unpaired) electrons. The lowest BCUT2D eigenvalue weighted by Gasteiger charge is -2.25. The van der Waals surface area contributed by atoms with Gasteiger partial charge in [-0.05, 0) is 43.9 Å². The maximum Gasteiger partial charge on any atom is 0.173 e. The topological polar surface area (TPSA) is 56.6 Å². The number of rotatable bonds is 4. The Morgan fingerprint density at radius 1 is 1.36 bits per heavy atom. The molecule has 0 amide bonds. The van der Waals surface area contributed by atoms with E-state index in [-0.39, 0.29) is 5.92 Å². The largest absolute Gasteiger partial charge is 0.385 e. The Hall–Kier alpha value is -2.43. The lowest BCUT2D eigenvalue weighted by Crippen LogP contribution is -2.25. The van der Waals surface area contributed by atoms with E-state index in [1.54, 1.807) is 0 Å². The molecule has 132 valence electrons. The molecule has 2 N–H and O–H groups in total. The van der Waals surface area contributed by atoms with Crippen molar-refractivity contribution in [2.45, 2.75) is 46.5 Å². The molecule has 1 aliphatic rings. The van der Waals surface area contributed by atoms with Crippen LogP contribution in [-0.2, 0) is 0 Å². The number of allylic oxidation sites excluding steroid dienone is 2. The standard InChI is InChI=1S/C20H28N5/c1-5-25(6-2)13-16-9-8-12-21-19(16)15(4)14(3)17-10-7-11-18-20(17)23-24-22-18/h5,7,10-11,13-14,21H,6,8-9,12H2,1-4H3,(H,22,23,24)/q+1. The van der Waals surface area contributed by atoms with Crippen LogP contribution in [0.25, 0.3) is 11.0 Å². The Morgan fingerprint density at radius 2 is 2.20 bits per heavy atom. The summed E-state index contributed by atoms with van der Waals surface area (Å²) in [6.45, 7) is 10.8. The number of aromatic nitrogens is 3. The number of H-pyrrole nitrogens is 1. The van der Waals surface area contributed by atoms with Crippen molar-refractivity contribution >= 4 is 17.2 Å². The van der Waals surface area contributed by atoms with E-state index in [0.29, 0.717) is 0 Å². The molecule has 1 aromatic carbocycles. The molecule has 0 spiro atoms. The Labute approximate surface area is 149 Å². The van der Waals surface area contributed by atoms with Gasteiger partial charge in [0.2, 0.25) is 0 Å². The third-order valence-electron chi connectivity index (χ3n) is 5.15. The van der Waals surface area contributed by atoms with Crippen molar-refractivity contribution in [3.8, 4) is 0 Å². The van der Waals surface area contributed by atoms with E-state index in [1.165, 1.54) is 28.8 Å². The summed E-state index contributed by atoms with van der Waals surface area (Å²) in [4.78, 5) is 0. The quantitative estimate of drug-likeness (QED) is 0.660. The molecule has 5 heteroatoms. The van der Waals surface area contributed by atoms with E-state index in [0.717, 1.165) is 30.5 Å². The summed E-state index contributed by atoms with van der Waals surface area (Å²) in [6.07, 6.45) is 6.71. The number of para-hydroxylation sites is 1. The van der Waals surface area contributed by atoms with Gasteiger partial charge in [-0.3, -0.25) is 0 Å². The molecular weight excluding hydrogens is 310 g/mol. The Kier molecular flexibility index (Phi) is 5.31. The van der Waals surface area contributed by atoms with Gasteiger partial charge in [0.1, 0.15) is 23.8 Å². The smallest absolute Gasteiger partial charge is 0.173 e. The first-order chi connectivity index (χ1) is 12.2. The average Bonchev–Trinajstić information content (AvgIpc) is 3.14. The summed E-state index contributed by atoms with van der Waals surface area (Å²) >= 11 is 0. The lowest BCUT2D eigenvalue weighted by molar-refractivity contribution is -0.449. The summed E-state index contributed by atoms with van der Waals surface area (Å²) < 4.78 is 2.25. The number of hydrogen-bond acceptors (Lipinski definition) is 3. The van der Waals surface area contributed by atoms with Gasteiger partial charge in [-0.1, -0.05) is 19.1 Å². The Balaban J connectivity index is 2.03. The Bertz CT molecular complexity index is 841. The van der Waals surface area contributed by atoms with Gasteiger partial charge < -0.3 is 5.32 Å². The van der Waals surface area contributed by atoms with Crippen molar-refractivity contribution < 1.29 is 4.58 Å².